The van der Waals surface area contributed by atoms with Crippen molar-refractivity contribution in [2.75, 3.05) is 26.2 Å². The number of piperidine rings is 1. The van der Waals surface area contributed by atoms with Crippen molar-refractivity contribution in [3.05, 3.63) is 0 Å². The predicted molar refractivity (Wildman–Crippen MR) is 100 cm³/mol. The molecule has 1 spiro atoms. The van der Waals surface area contributed by atoms with Gasteiger partial charge in [0, 0.05) is 32.6 Å². The monoisotopic (exact) mass is 362 g/mol. The van der Waals surface area contributed by atoms with Crippen LogP contribution >= 0.6 is 0 Å². The Kier molecular flexibility index (Phi) is 6.03. The van der Waals surface area contributed by atoms with Gasteiger partial charge in [0.05, 0.1) is 5.41 Å². The van der Waals surface area contributed by atoms with Gasteiger partial charge in [-0.1, -0.05) is 33.1 Å². The molecule has 1 atom stereocenters. The van der Waals surface area contributed by atoms with E-state index in [0.29, 0.717) is 31.8 Å². The topological polar surface area (TPSA) is 57.7 Å². The molecular formula is C21H34N2O3. The molecule has 2 heterocycles. The van der Waals surface area contributed by atoms with Crippen molar-refractivity contribution in [2.24, 2.45) is 17.3 Å². The third-order valence-electron chi connectivity index (χ3n) is 6.50. The highest BCUT2D eigenvalue weighted by Gasteiger charge is 2.50. The Morgan fingerprint density at radius 1 is 1.08 bits per heavy atom. The molecule has 3 aliphatic rings. The Labute approximate surface area is 157 Å². The summed E-state index contributed by atoms with van der Waals surface area (Å²) < 4.78 is 0. The van der Waals surface area contributed by atoms with E-state index in [4.69, 9.17) is 0 Å². The van der Waals surface area contributed by atoms with Crippen LogP contribution in [-0.4, -0.2) is 53.6 Å². The molecule has 146 valence electrons. The van der Waals surface area contributed by atoms with Crippen LogP contribution in [0, 0.1) is 17.3 Å². The van der Waals surface area contributed by atoms with Crippen LogP contribution in [0.25, 0.3) is 0 Å². The molecule has 5 nitrogen and oxygen atoms in total. The fourth-order valence-electron chi connectivity index (χ4n) is 5.07. The summed E-state index contributed by atoms with van der Waals surface area (Å²) in [5.41, 5.74) is -0.430. The molecule has 0 N–H and O–H groups in total. The second kappa shape index (κ2) is 8.10. The van der Waals surface area contributed by atoms with E-state index in [-0.39, 0.29) is 23.5 Å². The van der Waals surface area contributed by atoms with Gasteiger partial charge in [0.2, 0.25) is 11.7 Å². The molecule has 1 saturated carbocycles. The van der Waals surface area contributed by atoms with E-state index in [1.165, 1.54) is 32.1 Å². The standard InChI is InChI=1S/C21H34N2O3/c1-16(2)13-18(24)19(25)23-12-10-21(15-23)9-6-11-22(20(21)26)14-17-7-4-3-5-8-17/h16-17H,3-15H2,1-2H3/t21-/m0/s1. The molecular weight excluding hydrogens is 328 g/mol. The average molecular weight is 363 g/mol. The highest BCUT2D eigenvalue weighted by molar-refractivity contribution is 6.36. The van der Waals surface area contributed by atoms with E-state index in [2.05, 4.69) is 4.90 Å². The summed E-state index contributed by atoms with van der Waals surface area (Å²) in [5, 5.41) is 0. The van der Waals surface area contributed by atoms with Gasteiger partial charge in [0.25, 0.3) is 5.91 Å². The molecule has 2 aliphatic heterocycles. The number of hydrogen-bond donors (Lipinski definition) is 0. The fourth-order valence-corrected chi connectivity index (χ4v) is 5.07. The second-order valence-corrected chi connectivity index (χ2v) is 9.14. The number of ketones is 1. The van der Waals surface area contributed by atoms with Crippen LogP contribution < -0.4 is 0 Å². The van der Waals surface area contributed by atoms with Crippen molar-refractivity contribution < 1.29 is 14.4 Å². The number of hydrogen-bond acceptors (Lipinski definition) is 3. The van der Waals surface area contributed by atoms with Crippen molar-refractivity contribution in [3.63, 3.8) is 0 Å². The normalized spacial score (nSPS) is 27.6. The van der Waals surface area contributed by atoms with E-state index in [9.17, 15) is 14.4 Å². The van der Waals surface area contributed by atoms with Crippen molar-refractivity contribution in [2.45, 2.75) is 71.6 Å². The summed E-state index contributed by atoms with van der Waals surface area (Å²) in [6.45, 7) is 6.63. The molecule has 0 aromatic rings. The van der Waals surface area contributed by atoms with Gasteiger partial charge in [0.1, 0.15) is 0 Å². The maximum Gasteiger partial charge on any atom is 0.289 e. The van der Waals surface area contributed by atoms with Gasteiger partial charge in [-0.05, 0) is 43.9 Å². The average Bonchev–Trinajstić information content (AvgIpc) is 3.04. The SMILES string of the molecule is CC(C)CC(=O)C(=O)N1CC[C@@]2(CCCN(CC3CCCCC3)C2=O)C1. The summed E-state index contributed by atoms with van der Waals surface area (Å²) in [6, 6.07) is 0. The number of nitrogens with zero attached hydrogens (tertiary/aromatic N) is 2. The summed E-state index contributed by atoms with van der Waals surface area (Å²) in [6.07, 6.45) is 9.27. The molecule has 3 rings (SSSR count). The lowest BCUT2D eigenvalue weighted by atomic mass is 9.77. The van der Waals surface area contributed by atoms with Gasteiger partial charge in [-0.25, -0.2) is 0 Å². The molecule has 0 radical (unpaired) electrons. The van der Waals surface area contributed by atoms with Gasteiger partial charge < -0.3 is 9.80 Å². The number of Topliss-reactive ketones (excluding diaryl/α,β-unsaturated/α-hetero) is 1. The van der Waals surface area contributed by atoms with Gasteiger partial charge in [-0.3, -0.25) is 14.4 Å². The lowest BCUT2D eigenvalue weighted by molar-refractivity contribution is -0.149. The van der Waals surface area contributed by atoms with Crippen LogP contribution in [0.2, 0.25) is 0 Å². The lowest BCUT2D eigenvalue weighted by Gasteiger charge is -2.41. The molecule has 5 heteroatoms. The zero-order chi connectivity index (χ0) is 18.7. The highest BCUT2D eigenvalue weighted by Crippen LogP contribution is 2.41. The minimum atomic E-state index is -0.430. The highest BCUT2D eigenvalue weighted by atomic mass is 16.2. The van der Waals surface area contributed by atoms with Gasteiger partial charge in [-0.2, -0.15) is 0 Å². The third-order valence-corrected chi connectivity index (χ3v) is 6.50. The zero-order valence-electron chi connectivity index (χ0n) is 16.5. The zero-order valence-corrected chi connectivity index (χ0v) is 16.5. The fraction of sp³-hybridized carbons (Fsp3) is 0.857. The lowest BCUT2D eigenvalue weighted by Crippen LogP contribution is -2.52. The molecule has 3 fully saturated rings. The summed E-state index contributed by atoms with van der Waals surface area (Å²) in [7, 11) is 0. The Balaban J connectivity index is 1.61. The molecule has 0 aromatic carbocycles. The van der Waals surface area contributed by atoms with Crippen LogP contribution in [0.15, 0.2) is 0 Å². The molecule has 1 aliphatic carbocycles. The third kappa shape index (κ3) is 4.12. The quantitative estimate of drug-likeness (QED) is 0.707. The van der Waals surface area contributed by atoms with E-state index < -0.39 is 5.41 Å². The van der Waals surface area contributed by atoms with Crippen LogP contribution in [-0.2, 0) is 14.4 Å². The van der Waals surface area contributed by atoms with Crippen molar-refractivity contribution in [3.8, 4) is 0 Å². The molecule has 0 aromatic heterocycles. The molecule has 0 bridgehead atoms. The van der Waals surface area contributed by atoms with Gasteiger partial charge in [-0.15, -0.1) is 0 Å². The summed E-state index contributed by atoms with van der Waals surface area (Å²) in [4.78, 5) is 41.6. The van der Waals surface area contributed by atoms with Crippen LogP contribution in [0.1, 0.15) is 71.6 Å². The van der Waals surface area contributed by atoms with E-state index in [1.54, 1.807) is 4.90 Å². The maximum absolute atomic E-state index is 13.2. The number of likely N-dealkylation sites (tertiary alicyclic amines) is 2. The molecule has 26 heavy (non-hydrogen) atoms. The smallest absolute Gasteiger partial charge is 0.289 e. The van der Waals surface area contributed by atoms with Crippen LogP contribution in [0.4, 0.5) is 0 Å². The van der Waals surface area contributed by atoms with E-state index in [0.717, 1.165) is 25.9 Å². The van der Waals surface area contributed by atoms with Crippen molar-refractivity contribution in [1.82, 2.24) is 9.80 Å². The number of carbonyl (C=O) groups is 3. The largest absolute Gasteiger partial charge is 0.342 e. The summed E-state index contributed by atoms with van der Waals surface area (Å²) >= 11 is 0. The van der Waals surface area contributed by atoms with Gasteiger partial charge >= 0.3 is 0 Å². The first-order valence-corrected chi connectivity index (χ1v) is 10.5. The van der Waals surface area contributed by atoms with E-state index in [1.807, 2.05) is 13.8 Å². The van der Waals surface area contributed by atoms with Gasteiger partial charge in [0.15, 0.2) is 0 Å². The van der Waals surface area contributed by atoms with Crippen LogP contribution in [0.3, 0.4) is 0 Å². The Morgan fingerprint density at radius 2 is 1.81 bits per heavy atom. The number of amides is 2. The minimum absolute atomic E-state index is 0.185. The Hall–Kier alpha value is -1.39. The first-order valence-electron chi connectivity index (χ1n) is 10.5. The second-order valence-electron chi connectivity index (χ2n) is 9.14. The van der Waals surface area contributed by atoms with Crippen molar-refractivity contribution >= 4 is 17.6 Å². The first-order chi connectivity index (χ1) is 12.4. The minimum Gasteiger partial charge on any atom is -0.342 e. The van der Waals surface area contributed by atoms with Crippen molar-refractivity contribution in [1.29, 1.82) is 0 Å². The molecule has 2 saturated heterocycles. The molecule has 0 unspecified atom stereocenters. The first kappa shape index (κ1) is 19.4. The predicted octanol–water partition coefficient (Wildman–Crippen LogP) is 3.02. The van der Waals surface area contributed by atoms with E-state index >= 15 is 0 Å². The molecule has 2 amide bonds. The number of rotatable bonds is 5. The number of carbonyl (C=O) groups excluding carboxylic acids is 3. The maximum atomic E-state index is 13.2. The Morgan fingerprint density at radius 3 is 2.50 bits per heavy atom. The summed E-state index contributed by atoms with van der Waals surface area (Å²) in [5.74, 6) is 0.382. The Bertz CT molecular complexity index is 553. The van der Waals surface area contributed by atoms with Crippen LogP contribution in [0.5, 0.6) is 0 Å².